The van der Waals surface area contributed by atoms with Gasteiger partial charge in [0.25, 0.3) is 0 Å². The second kappa shape index (κ2) is 13.5. The second-order valence-corrected chi connectivity index (χ2v) is 11.1. The molecule has 2 aliphatic rings. The molecule has 0 aliphatic carbocycles. The van der Waals surface area contributed by atoms with Gasteiger partial charge < -0.3 is 18.9 Å². The minimum atomic E-state index is -0.600. The Hall–Kier alpha value is -6.03. The number of anilines is 1. The molecule has 0 spiro atoms. The van der Waals surface area contributed by atoms with Crippen molar-refractivity contribution < 1.29 is 38.1 Å². The molecule has 2 heterocycles. The lowest BCUT2D eigenvalue weighted by Gasteiger charge is -2.36. The number of carbonyl (C=O) groups excluding carboxylic acids is 4. The number of hydrazone groups is 1. The fraction of sp³-hybridized carbons (Fsp3) is 0.162. The molecule has 2 unspecified atom stereocenters. The monoisotopic (exact) mass is 632 g/mol. The van der Waals surface area contributed by atoms with Crippen LogP contribution in [0.2, 0.25) is 0 Å². The average molecular weight is 633 g/mol. The van der Waals surface area contributed by atoms with Crippen molar-refractivity contribution in [1.82, 2.24) is 0 Å². The molecule has 0 radical (unpaired) electrons. The fourth-order valence-electron chi connectivity index (χ4n) is 4.63. The lowest BCUT2D eigenvalue weighted by Crippen LogP contribution is -2.37. The number of hydrogen-bond donors (Lipinski definition) is 0. The molecule has 2 atom stereocenters. The van der Waals surface area contributed by atoms with Gasteiger partial charge in [0.2, 0.25) is 0 Å². The van der Waals surface area contributed by atoms with Crippen LogP contribution < -0.4 is 19.2 Å². The van der Waals surface area contributed by atoms with Crippen LogP contribution in [0.15, 0.2) is 126 Å². The van der Waals surface area contributed by atoms with Gasteiger partial charge in [0, 0.05) is 16.7 Å². The maximum absolute atomic E-state index is 13.5. The molecular formula is C37H32N2O8. The van der Waals surface area contributed by atoms with Gasteiger partial charge in [0.05, 0.1) is 18.2 Å². The quantitative estimate of drug-likeness (QED) is 0.145. The number of hydrogen-bond acceptors (Lipinski definition) is 10. The molecule has 0 N–H and O–H groups in total. The minimum absolute atomic E-state index is 0.0398. The molecule has 3 aromatic carbocycles. The Morgan fingerprint density at radius 3 is 1.57 bits per heavy atom. The zero-order valence-corrected chi connectivity index (χ0v) is 26.1. The molecule has 47 heavy (non-hydrogen) atoms. The molecule has 10 nitrogen and oxygen atoms in total. The van der Waals surface area contributed by atoms with E-state index in [1.165, 1.54) is 0 Å². The molecule has 0 bridgehead atoms. The van der Waals surface area contributed by atoms with Gasteiger partial charge in [-0.05, 0) is 86.5 Å². The van der Waals surface area contributed by atoms with E-state index in [2.05, 4.69) is 19.7 Å². The Morgan fingerprint density at radius 1 is 0.702 bits per heavy atom. The molecule has 10 heteroatoms. The number of fused-ring (bicyclic) bond motifs is 1. The number of ether oxygens (including phenoxy) is 4. The van der Waals surface area contributed by atoms with Crippen LogP contribution in [-0.2, 0) is 23.9 Å². The van der Waals surface area contributed by atoms with Gasteiger partial charge >= 0.3 is 17.9 Å². The van der Waals surface area contributed by atoms with Gasteiger partial charge in [-0.3, -0.25) is 9.80 Å². The first-order valence-electron chi connectivity index (χ1n) is 14.6. The van der Waals surface area contributed by atoms with Gasteiger partial charge in [-0.1, -0.05) is 44.0 Å². The van der Waals surface area contributed by atoms with Crippen molar-refractivity contribution >= 4 is 35.1 Å². The number of carbonyl (C=O) groups is 4. The van der Waals surface area contributed by atoms with Crippen molar-refractivity contribution in [3.05, 3.63) is 132 Å². The summed E-state index contributed by atoms with van der Waals surface area (Å²) < 4.78 is 22.3. The van der Waals surface area contributed by atoms with Crippen LogP contribution in [-0.4, -0.2) is 29.4 Å². The van der Waals surface area contributed by atoms with E-state index in [4.69, 9.17) is 24.0 Å². The molecule has 238 valence electrons. The Morgan fingerprint density at radius 2 is 1.13 bits per heavy atom. The molecule has 1 fully saturated rings. The third kappa shape index (κ3) is 7.45. The highest BCUT2D eigenvalue weighted by Gasteiger charge is 2.37. The summed E-state index contributed by atoms with van der Waals surface area (Å²) in [6, 6.07) is 19.8. The molecule has 0 amide bonds. The summed E-state index contributed by atoms with van der Waals surface area (Å²) in [5.74, 6) is -0.516. The van der Waals surface area contributed by atoms with Crippen molar-refractivity contribution in [3.8, 4) is 17.2 Å². The fourth-order valence-corrected chi connectivity index (χ4v) is 4.63. The molecule has 3 aromatic rings. The summed E-state index contributed by atoms with van der Waals surface area (Å²) in [4.78, 5) is 49.4. The highest BCUT2D eigenvalue weighted by atomic mass is 16.5. The van der Waals surface area contributed by atoms with Gasteiger partial charge in [0.1, 0.15) is 29.1 Å². The Kier molecular flexibility index (Phi) is 9.32. The molecule has 0 saturated carbocycles. The van der Waals surface area contributed by atoms with Crippen LogP contribution in [0.5, 0.6) is 17.2 Å². The number of ketones is 1. The molecule has 2 aliphatic heterocycles. The van der Waals surface area contributed by atoms with Gasteiger partial charge in [0.15, 0.2) is 11.5 Å². The van der Waals surface area contributed by atoms with Crippen LogP contribution in [0.1, 0.15) is 50.5 Å². The van der Waals surface area contributed by atoms with E-state index in [-0.39, 0.29) is 34.6 Å². The average Bonchev–Trinajstić information content (AvgIpc) is 3.05. The number of benzene rings is 3. The van der Waals surface area contributed by atoms with Crippen molar-refractivity contribution in [3.63, 3.8) is 0 Å². The second-order valence-electron chi connectivity index (χ2n) is 11.1. The number of Topliss-reactive ketones (excluding diaryl/α,β-unsaturated/α-hetero) is 1. The van der Waals surface area contributed by atoms with Crippen LogP contribution in [0.4, 0.5) is 5.69 Å². The predicted molar refractivity (Wildman–Crippen MR) is 175 cm³/mol. The largest absolute Gasteiger partial charge is 0.483 e. The Balaban J connectivity index is 1.45. The van der Waals surface area contributed by atoms with E-state index in [0.717, 1.165) is 11.1 Å². The third-order valence-electron chi connectivity index (χ3n) is 7.17. The summed E-state index contributed by atoms with van der Waals surface area (Å²) in [5, 5.41) is 6.41. The maximum atomic E-state index is 13.5. The van der Waals surface area contributed by atoms with Crippen LogP contribution in [0, 0.1) is 0 Å². The lowest BCUT2D eigenvalue weighted by atomic mass is 9.95. The molecule has 1 saturated heterocycles. The predicted octanol–water partition coefficient (Wildman–Crippen LogP) is 6.66. The summed E-state index contributed by atoms with van der Waals surface area (Å²) in [7, 11) is 0. The summed E-state index contributed by atoms with van der Waals surface area (Å²) in [5.41, 5.74) is 3.07. The van der Waals surface area contributed by atoms with E-state index in [9.17, 15) is 19.2 Å². The van der Waals surface area contributed by atoms with Crippen molar-refractivity contribution in [2.45, 2.75) is 39.3 Å². The first-order valence-corrected chi connectivity index (χ1v) is 14.6. The topological polar surface area (TPSA) is 121 Å². The first kappa shape index (κ1) is 32.4. The van der Waals surface area contributed by atoms with Gasteiger partial charge in [-0.15, -0.1) is 0 Å². The summed E-state index contributed by atoms with van der Waals surface area (Å²) >= 11 is 0. The van der Waals surface area contributed by atoms with Crippen LogP contribution >= 0.6 is 0 Å². The first-order chi connectivity index (χ1) is 22.4. The Labute approximate surface area is 271 Å². The number of allylic oxidation sites excluding steroid dienone is 1. The zero-order valence-electron chi connectivity index (χ0n) is 26.1. The number of esters is 3. The number of rotatable bonds is 9. The normalized spacial score (nSPS) is 16.8. The Bertz CT molecular complexity index is 1850. The minimum Gasteiger partial charge on any atom is -0.483 e. The highest BCUT2D eigenvalue weighted by Crippen LogP contribution is 2.39. The molecule has 0 aromatic heterocycles. The van der Waals surface area contributed by atoms with E-state index < -0.39 is 30.1 Å². The summed E-state index contributed by atoms with van der Waals surface area (Å²) in [6.07, 6.45) is 1.24. The molecule has 5 rings (SSSR count). The third-order valence-corrected chi connectivity index (χ3v) is 7.17. The van der Waals surface area contributed by atoms with E-state index in [1.54, 1.807) is 105 Å². The van der Waals surface area contributed by atoms with Gasteiger partial charge in [-0.25, -0.2) is 14.4 Å². The highest BCUT2D eigenvalue weighted by molar-refractivity contribution is 6.46. The lowest BCUT2D eigenvalue weighted by molar-refractivity contribution is -0.130. The van der Waals surface area contributed by atoms with Crippen molar-refractivity contribution in [1.29, 1.82) is 0 Å². The maximum Gasteiger partial charge on any atom is 0.338 e. The zero-order chi connectivity index (χ0) is 33.8. The smallest absolute Gasteiger partial charge is 0.338 e. The van der Waals surface area contributed by atoms with Crippen LogP contribution in [0.3, 0.4) is 0 Å². The van der Waals surface area contributed by atoms with Gasteiger partial charge in [-0.2, -0.15) is 5.10 Å². The van der Waals surface area contributed by atoms with E-state index in [0.29, 0.717) is 28.7 Å². The van der Waals surface area contributed by atoms with E-state index >= 15 is 0 Å². The standard InChI is InChI=1S/C37H32N2O8/c1-21(2)35(41)44-27-13-7-24(8-14-27)30-19-33-34(38-39(30)26-11-17-29(18-12-26)46-37(43)23(5)6)31(40)20-32(47-33)25-9-15-28(16-10-25)45-36(42)22(3)4/h7-19,30,32H,1,3,5,20H2,2,4,6H3. The summed E-state index contributed by atoms with van der Waals surface area (Å²) in [6.45, 7) is 15.5. The van der Waals surface area contributed by atoms with Crippen molar-refractivity contribution in [2.24, 2.45) is 5.10 Å². The SMILES string of the molecule is C=C(C)C(=O)Oc1ccc(C2CC(=O)C3=NN(c4ccc(OC(=O)C(=C)C)cc4)C(c4ccc(OC(=O)C(=C)C)cc4)C=C3O2)cc1. The van der Waals surface area contributed by atoms with Crippen LogP contribution in [0.25, 0.3) is 0 Å². The molecular weight excluding hydrogens is 600 g/mol. The van der Waals surface area contributed by atoms with E-state index in [1.807, 2.05) is 0 Å². The number of nitrogens with zero attached hydrogens (tertiary/aromatic N) is 2. The van der Waals surface area contributed by atoms with Crippen molar-refractivity contribution in [2.75, 3.05) is 5.01 Å².